The van der Waals surface area contributed by atoms with E-state index in [1.807, 2.05) is 18.7 Å². The number of amides is 1. The van der Waals surface area contributed by atoms with E-state index in [1.165, 1.54) is 18.4 Å². The second kappa shape index (κ2) is 9.31. The van der Waals surface area contributed by atoms with Gasteiger partial charge in [0, 0.05) is 47.1 Å². The molecule has 8 nitrogen and oxygen atoms in total. The Bertz CT molecular complexity index is 864. The van der Waals surface area contributed by atoms with Crippen molar-refractivity contribution in [2.45, 2.75) is 17.7 Å². The Morgan fingerprint density at radius 1 is 1.27 bits per heavy atom. The number of nitrogens with zero attached hydrogens (tertiary/aromatic N) is 3. The lowest BCUT2D eigenvalue weighted by Crippen LogP contribution is -2.30. The molecule has 0 radical (unpaired) electrons. The Labute approximate surface area is 160 Å². The number of carbonyl (C=O) groups excluding carboxylic acids is 1. The van der Waals surface area contributed by atoms with Gasteiger partial charge in [0.2, 0.25) is 15.9 Å². The first-order valence-electron chi connectivity index (χ1n) is 8.06. The normalized spacial score (nSPS) is 11.6. The number of carbonyl (C=O) groups is 1. The summed E-state index contributed by atoms with van der Waals surface area (Å²) in [6, 6.07) is 4.89. The maximum Gasteiger partial charge on any atom is 0.242 e. The van der Waals surface area contributed by atoms with Crippen molar-refractivity contribution < 1.29 is 13.2 Å². The largest absolute Gasteiger partial charge is 0.355 e. The molecule has 1 aromatic heterocycles. The molecule has 2 aromatic rings. The highest BCUT2D eigenvalue weighted by Crippen LogP contribution is 2.21. The smallest absolute Gasteiger partial charge is 0.242 e. The number of benzene rings is 1. The number of hydrogen-bond donors (Lipinski definition) is 2. The number of aromatic nitrogens is 2. The van der Waals surface area contributed by atoms with Crippen LogP contribution in [-0.4, -0.2) is 62.4 Å². The monoisotopic (exact) mass is 403 g/mol. The number of rotatable bonds is 8. The Morgan fingerprint density at radius 3 is 2.58 bits per heavy atom. The fourth-order valence-electron chi connectivity index (χ4n) is 2.47. The molecule has 1 aromatic carbocycles. The van der Waals surface area contributed by atoms with Crippen LogP contribution in [0.15, 0.2) is 23.1 Å². The maximum absolute atomic E-state index is 12.2. The lowest BCUT2D eigenvalue weighted by molar-refractivity contribution is -0.121. The van der Waals surface area contributed by atoms with Gasteiger partial charge in [0.1, 0.15) is 5.82 Å². The summed E-state index contributed by atoms with van der Waals surface area (Å²) in [5, 5.41) is 5.79. The fraction of sp³-hybridized carbons (Fsp3) is 0.500. The van der Waals surface area contributed by atoms with Gasteiger partial charge >= 0.3 is 0 Å². The molecule has 1 amide bonds. The Balaban J connectivity index is 0.00000338. The van der Waals surface area contributed by atoms with Crippen molar-refractivity contribution in [1.29, 1.82) is 0 Å². The number of halogens is 1. The van der Waals surface area contributed by atoms with E-state index in [0.29, 0.717) is 24.9 Å². The van der Waals surface area contributed by atoms with E-state index in [4.69, 9.17) is 0 Å². The van der Waals surface area contributed by atoms with Gasteiger partial charge in [-0.2, -0.15) is 0 Å². The third-order valence-electron chi connectivity index (χ3n) is 4.00. The van der Waals surface area contributed by atoms with Crippen molar-refractivity contribution >= 4 is 39.4 Å². The zero-order valence-corrected chi connectivity index (χ0v) is 17.1. The van der Waals surface area contributed by atoms with E-state index in [9.17, 15) is 13.2 Å². The van der Waals surface area contributed by atoms with Crippen molar-refractivity contribution in [2.24, 2.45) is 7.05 Å². The molecule has 146 valence electrons. The Morgan fingerprint density at radius 2 is 1.96 bits per heavy atom. The first kappa shape index (κ1) is 22.4. The van der Waals surface area contributed by atoms with Crippen molar-refractivity contribution in [3.63, 3.8) is 0 Å². The number of sulfonamides is 1. The summed E-state index contributed by atoms with van der Waals surface area (Å²) in [6.07, 6.45) is 0.829. The van der Waals surface area contributed by atoms with Gasteiger partial charge in [-0.3, -0.25) is 4.79 Å². The van der Waals surface area contributed by atoms with Gasteiger partial charge in [0.15, 0.2) is 0 Å². The molecular weight excluding hydrogens is 378 g/mol. The number of nitrogens with one attached hydrogen (secondary N) is 2. The molecule has 0 aliphatic rings. The summed E-state index contributed by atoms with van der Waals surface area (Å²) in [5.41, 5.74) is 1.44. The molecule has 10 heteroatoms. The number of likely N-dealkylation sites (N-methyl/N-ethyl adjacent to an activating group) is 1. The lowest BCUT2D eigenvalue weighted by Gasteiger charge is -2.10. The summed E-state index contributed by atoms with van der Waals surface area (Å²) in [4.78, 5) is 16.5. The first-order valence-corrected chi connectivity index (χ1v) is 9.50. The van der Waals surface area contributed by atoms with Crippen LogP contribution in [0.5, 0.6) is 0 Å². The third-order valence-corrected chi connectivity index (χ3v) is 5.81. The summed E-state index contributed by atoms with van der Waals surface area (Å²) in [5.74, 6) is 0.719. The average Bonchev–Trinajstić information content (AvgIpc) is 2.88. The molecule has 2 rings (SSSR count). The summed E-state index contributed by atoms with van der Waals surface area (Å²) < 4.78 is 27.5. The minimum atomic E-state index is -3.50. The van der Waals surface area contributed by atoms with Gasteiger partial charge < -0.3 is 15.2 Å². The topological polar surface area (TPSA) is 96.3 Å². The first-order chi connectivity index (χ1) is 11.8. The standard InChI is InChI=1S/C16H25N5O3S.ClH/c1-17-9-10-18-16(22)8-7-15-19-13-11-12(25(23,24)20(2)3)5-6-14(13)21(15)4;/h5-6,11,17H,7-10H2,1-4H3,(H,18,22);1H. The predicted octanol–water partition coefficient (Wildman–Crippen LogP) is 0.514. The molecule has 0 fully saturated rings. The van der Waals surface area contributed by atoms with E-state index in [0.717, 1.165) is 17.9 Å². The van der Waals surface area contributed by atoms with Gasteiger partial charge in [0.25, 0.3) is 0 Å². The van der Waals surface area contributed by atoms with Gasteiger partial charge in [-0.1, -0.05) is 0 Å². The number of hydrogen-bond acceptors (Lipinski definition) is 5. The highest BCUT2D eigenvalue weighted by molar-refractivity contribution is 7.89. The van der Waals surface area contributed by atoms with Gasteiger partial charge in [-0.15, -0.1) is 12.4 Å². The van der Waals surface area contributed by atoms with Crippen LogP contribution in [0, 0.1) is 0 Å². The average molecular weight is 404 g/mol. The zero-order valence-electron chi connectivity index (χ0n) is 15.4. The van der Waals surface area contributed by atoms with Gasteiger partial charge in [0.05, 0.1) is 15.9 Å². The number of imidazole rings is 1. The molecule has 0 saturated heterocycles. The Kier molecular flexibility index (Phi) is 8.01. The molecule has 0 unspecified atom stereocenters. The highest BCUT2D eigenvalue weighted by atomic mass is 35.5. The van der Waals surface area contributed by atoms with E-state index in [2.05, 4.69) is 15.6 Å². The van der Waals surface area contributed by atoms with Crippen LogP contribution in [0.4, 0.5) is 0 Å². The van der Waals surface area contributed by atoms with E-state index in [-0.39, 0.29) is 23.2 Å². The van der Waals surface area contributed by atoms with Crippen molar-refractivity contribution in [3.8, 4) is 0 Å². The second-order valence-corrected chi connectivity index (χ2v) is 8.13. The van der Waals surface area contributed by atoms with E-state index >= 15 is 0 Å². The molecule has 2 N–H and O–H groups in total. The van der Waals surface area contributed by atoms with Crippen molar-refractivity contribution in [3.05, 3.63) is 24.0 Å². The van der Waals surface area contributed by atoms with Crippen LogP contribution in [0.2, 0.25) is 0 Å². The van der Waals surface area contributed by atoms with Crippen LogP contribution in [-0.2, 0) is 28.3 Å². The van der Waals surface area contributed by atoms with Gasteiger partial charge in [-0.05, 0) is 25.2 Å². The quantitative estimate of drug-likeness (QED) is 0.626. The van der Waals surface area contributed by atoms with Crippen LogP contribution >= 0.6 is 12.4 Å². The molecule has 0 atom stereocenters. The van der Waals surface area contributed by atoms with Crippen LogP contribution in [0.3, 0.4) is 0 Å². The van der Waals surface area contributed by atoms with Crippen LogP contribution in [0.1, 0.15) is 12.2 Å². The number of fused-ring (bicyclic) bond motifs is 1. The zero-order chi connectivity index (χ0) is 18.6. The van der Waals surface area contributed by atoms with Crippen LogP contribution < -0.4 is 10.6 Å². The minimum absolute atomic E-state index is 0. The van der Waals surface area contributed by atoms with E-state index in [1.54, 1.807) is 18.2 Å². The summed E-state index contributed by atoms with van der Waals surface area (Å²) >= 11 is 0. The maximum atomic E-state index is 12.2. The van der Waals surface area contributed by atoms with Crippen molar-refractivity contribution in [2.75, 3.05) is 34.2 Å². The van der Waals surface area contributed by atoms with Crippen molar-refractivity contribution in [1.82, 2.24) is 24.5 Å². The molecule has 26 heavy (non-hydrogen) atoms. The highest BCUT2D eigenvalue weighted by Gasteiger charge is 2.19. The van der Waals surface area contributed by atoms with E-state index < -0.39 is 10.0 Å². The molecule has 0 bridgehead atoms. The molecule has 0 spiro atoms. The summed E-state index contributed by atoms with van der Waals surface area (Å²) in [6.45, 7) is 1.31. The lowest BCUT2D eigenvalue weighted by atomic mass is 10.3. The minimum Gasteiger partial charge on any atom is -0.355 e. The summed E-state index contributed by atoms with van der Waals surface area (Å²) in [7, 11) is 3.19. The van der Waals surface area contributed by atoms with Crippen LogP contribution in [0.25, 0.3) is 11.0 Å². The molecule has 1 heterocycles. The second-order valence-electron chi connectivity index (χ2n) is 5.98. The Hall–Kier alpha value is -1.68. The third kappa shape index (κ3) is 4.94. The molecule has 0 aliphatic carbocycles. The SMILES string of the molecule is CNCCNC(=O)CCc1nc2cc(S(=O)(=O)N(C)C)ccc2n1C.Cl. The number of aryl methyl sites for hydroxylation is 2. The fourth-order valence-corrected chi connectivity index (χ4v) is 3.39. The molecular formula is C16H26ClN5O3S. The molecule has 0 aliphatic heterocycles. The van der Waals surface area contributed by atoms with Gasteiger partial charge in [-0.25, -0.2) is 17.7 Å². The molecule has 0 saturated carbocycles. The predicted molar refractivity (Wildman–Crippen MR) is 104 cm³/mol.